The van der Waals surface area contributed by atoms with E-state index in [4.69, 9.17) is 4.74 Å². The van der Waals surface area contributed by atoms with Crippen LogP contribution in [0.2, 0.25) is 0 Å². The number of aromatic nitrogens is 2. The van der Waals surface area contributed by atoms with Gasteiger partial charge in [-0.1, -0.05) is 6.42 Å². The number of rotatable bonds is 4. The van der Waals surface area contributed by atoms with E-state index in [1.807, 2.05) is 6.92 Å². The fourth-order valence-electron chi connectivity index (χ4n) is 4.27. The summed E-state index contributed by atoms with van der Waals surface area (Å²) in [6.07, 6.45) is 2.28. The molecule has 1 aromatic rings. The number of carbonyl (C=O) groups is 1. The van der Waals surface area contributed by atoms with E-state index in [-0.39, 0.29) is 5.92 Å². The van der Waals surface area contributed by atoms with Crippen LogP contribution in [0, 0.1) is 0 Å². The minimum Gasteiger partial charge on any atom is -0.445 e. The van der Waals surface area contributed by atoms with Crippen molar-refractivity contribution in [3.8, 4) is 0 Å². The third-order valence-electron chi connectivity index (χ3n) is 5.93. The summed E-state index contributed by atoms with van der Waals surface area (Å²) in [4.78, 5) is 12.2. The number of nitrogens with one attached hydrogen (secondary N) is 1. The average Bonchev–Trinajstić information content (AvgIpc) is 2.70. The van der Waals surface area contributed by atoms with Crippen molar-refractivity contribution in [2.45, 2.75) is 81.3 Å². The van der Waals surface area contributed by atoms with Gasteiger partial charge in [-0.2, -0.15) is 5.10 Å². The van der Waals surface area contributed by atoms with Gasteiger partial charge in [0.2, 0.25) is 0 Å². The summed E-state index contributed by atoms with van der Waals surface area (Å²) in [6, 6.07) is 0. The fraction of sp³-hybridized carbons (Fsp3) is 0.778. The Morgan fingerprint density at radius 1 is 1.27 bits per heavy atom. The van der Waals surface area contributed by atoms with Crippen LogP contribution in [-0.2, 0) is 11.8 Å². The highest BCUT2D eigenvalue weighted by Crippen LogP contribution is 2.50. The minimum atomic E-state index is -2.72. The standard InChI is InChI=1S/C18H25F2N3O3/c1-17(25)6-11(7-17)14-13(10-4-3-5-10)15(23(2)22-14)21-16(24)26-12-8-18(19,20)9-12/h10-12,25H,3-9H2,1-2H3,(H,21,24). The molecular formula is C18H25F2N3O3. The molecule has 0 unspecified atom stereocenters. The van der Waals surface area contributed by atoms with Crippen LogP contribution in [-0.4, -0.2) is 38.6 Å². The van der Waals surface area contributed by atoms with Crippen molar-refractivity contribution >= 4 is 11.9 Å². The lowest BCUT2D eigenvalue weighted by Crippen LogP contribution is -2.43. The summed E-state index contributed by atoms with van der Waals surface area (Å²) < 4.78 is 32.5. The second kappa shape index (κ2) is 5.90. The van der Waals surface area contributed by atoms with Gasteiger partial charge in [-0.15, -0.1) is 0 Å². The van der Waals surface area contributed by atoms with Crippen LogP contribution in [0.3, 0.4) is 0 Å². The first kappa shape index (κ1) is 17.7. The van der Waals surface area contributed by atoms with Crippen molar-refractivity contribution in [1.82, 2.24) is 9.78 Å². The van der Waals surface area contributed by atoms with Gasteiger partial charge in [0.05, 0.1) is 11.3 Å². The molecule has 0 radical (unpaired) electrons. The molecule has 1 heterocycles. The van der Waals surface area contributed by atoms with Crippen LogP contribution in [0.5, 0.6) is 0 Å². The van der Waals surface area contributed by atoms with Crippen molar-refractivity contribution in [1.29, 1.82) is 0 Å². The molecule has 3 fully saturated rings. The van der Waals surface area contributed by atoms with Gasteiger partial charge in [-0.05, 0) is 38.5 Å². The molecule has 1 aromatic heterocycles. The van der Waals surface area contributed by atoms with E-state index in [2.05, 4.69) is 10.4 Å². The predicted octanol–water partition coefficient (Wildman–Crippen LogP) is 3.66. The van der Waals surface area contributed by atoms with Crippen LogP contribution in [0.1, 0.15) is 75.0 Å². The number of hydrogen-bond acceptors (Lipinski definition) is 4. The summed E-state index contributed by atoms with van der Waals surface area (Å²) in [7, 11) is 1.76. The van der Waals surface area contributed by atoms with Crippen molar-refractivity contribution in [3.05, 3.63) is 11.3 Å². The number of aliphatic hydroxyl groups is 1. The molecule has 0 atom stereocenters. The van der Waals surface area contributed by atoms with Crippen molar-refractivity contribution in [2.24, 2.45) is 7.05 Å². The van der Waals surface area contributed by atoms with Gasteiger partial charge in [0, 0.05) is 31.4 Å². The number of anilines is 1. The summed E-state index contributed by atoms with van der Waals surface area (Å²) in [5.41, 5.74) is 1.31. The van der Waals surface area contributed by atoms with E-state index in [0.717, 1.165) is 30.5 Å². The van der Waals surface area contributed by atoms with E-state index in [0.29, 0.717) is 24.6 Å². The molecular weight excluding hydrogens is 344 g/mol. The third-order valence-corrected chi connectivity index (χ3v) is 5.93. The Morgan fingerprint density at radius 2 is 1.92 bits per heavy atom. The summed E-state index contributed by atoms with van der Waals surface area (Å²) in [5.74, 6) is -1.60. The van der Waals surface area contributed by atoms with Crippen LogP contribution in [0.4, 0.5) is 19.4 Å². The fourth-order valence-corrected chi connectivity index (χ4v) is 4.27. The first-order valence-corrected chi connectivity index (χ1v) is 9.28. The van der Waals surface area contributed by atoms with Gasteiger partial charge in [-0.25, -0.2) is 13.6 Å². The van der Waals surface area contributed by atoms with Crippen molar-refractivity contribution in [3.63, 3.8) is 0 Å². The molecule has 0 aromatic carbocycles. The number of halogens is 2. The summed E-state index contributed by atoms with van der Waals surface area (Å²) in [5, 5.41) is 17.4. The Morgan fingerprint density at radius 3 is 2.42 bits per heavy atom. The molecule has 8 heteroatoms. The van der Waals surface area contributed by atoms with Gasteiger partial charge in [0.15, 0.2) is 0 Å². The minimum absolute atomic E-state index is 0.184. The van der Waals surface area contributed by atoms with E-state index < -0.39 is 36.6 Å². The highest BCUT2D eigenvalue weighted by atomic mass is 19.3. The molecule has 0 saturated heterocycles. The van der Waals surface area contributed by atoms with Crippen LogP contribution in [0.15, 0.2) is 0 Å². The van der Waals surface area contributed by atoms with Crippen LogP contribution < -0.4 is 5.32 Å². The normalized spacial score (nSPS) is 30.9. The van der Waals surface area contributed by atoms with Crippen LogP contribution in [0.25, 0.3) is 0 Å². The molecule has 26 heavy (non-hydrogen) atoms. The van der Waals surface area contributed by atoms with Gasteiger partial charge in [0.25, 0.3) is 5.92 Å². The Bertz CT molecular complexity index is 712. The third kappa shape index (κ3) is 3.19. The van der Waals surface area contributed by atoms with Crippen molar-refractivity contribution < 1.29 is 23.4 Å². The van der Waals surface area contributed by atoms with E-state index >= 15 is 0 Å². The maximum absolute atomic E-state index is 12.9. The average molecular weight is 369 g/mol. The van der Waals surface area contributed by atoms with E-state index in [1.165, 1.54) is 0 Å². The number of amides is 1. The molecule has 4 rings (SSSR count). The van der Waals surface area contributed by atoms with Gasteiger partial charge >= 0.3 is 6.09 Å². The number of hydrogen-bond donors (Lipinski definition) is 2. The molecule has 144 valence electrons. The number of alkyl halides is 2. The smallest absolute Gasteiger partial charge is 0.413 e. The zero-order valence-corrected chi connectivity index (χ0v) is 15.1. The molecule has 3 aliphatic carbocycles. The quantitative estimate of drug-likeness (QED) is 0.849. The second-order valence-corrected chi connectivity index (χ2v) is 8.42. The number of nitrogens with zero attached hydrogens (tertiary/aromatic N) is 2. The molecule has 0 spiro atoms. The summed E-state index contributed by atoms with van der Waals surface area (Å²) in [6.45, 7) is 1.82. The first-order chi connectivity index (χ1) is 12.1. The molecule has 6 nitrogen and oxygen atoms in total. The SMILES string of the molecule is Cn1nc(C2CC(C)(O)C2)c(C2CCC2)c1NC(=O)OC1CC(F)(F)C1. The Hall–Kier alpha value is -1.70. The molecule has 1 amide bonds. The molecule has 3 aliphatic rings. The lowest BCUT2D eigenvalue weighted by atomic mass is 9.68. The van der Waals surface area contributed by atoms with Crippen LogP contribution >= 0.6 is 0 Å². The largest absolute Gasteiger partial charge is 0.445 e. The maximum atomic E-state index is 12.9. The highest BCUT2D eigenvalue weighted by Gasteiger charge is 2.48. The highest BCUT2D eigenvalue weighted by molar-refractivity contribution is 5.85. The van der Waals surface area contributed by atoms with Crippen molar-refractivity contribution in [2.75, 3.05) is 5.32 Å². The second-order valence-electron chi connectivity index (χ2n) is 8.42. The molecule has 0 aliphatic heterocycles. The maximum Gasteiger partial charge on any atom is 0.413 e. The number of aryl methyl sites for hydroxylation is 1. The predicted molar refractivity (Wildman–Crippen MR) is 90.5 cm³/mol. The van der Waals surface area contributed by atoms with Gasteiger partial charge < -0.3 is 9.84 Å². The monoisotopic (exact) mass is 369 g/mol. The Kier molecular flexibility index (Phi) is 4.02. The number of ether oxygens (including phenoxy) is 1. The zero-order chi connectivity index (χ0) is 18.7. The molecule has 2 N–H and O–H groups in total. The van der Waals surface area contributed by atoms with Gasteiger partial charge in [-0.3, -0.25) is 10.00 Å². The van der Waals surface area contributed by atoms with E-state index in [9.17, 15) is 18.7 Å². The summed E-state index contributed by atoms with van der Waals surface area (Å²) >= 11 is 0. The lowest BCUT2D eigenvalue weighted by Gasteiger charge is -2.41. The van der Waals surface area contributed by atoms with Gasteiger partial charge in [0.1, 0.15) is 11.9 Å². The zero-order valence-electron chi connectivity index (χ0n) is 15.1. The lowest BCUT2D eigenvalue weighted by molar-refractivity contribution is -0.142. The first-order valence-electron chi connectivity index (χ1n) is 9.28. The molecule has 3 saturated carbocycles. The molecule has 0 bridgehead atoms. The Balaban J connectivity index is 1.50. The Labute approximate surface area is 150 Å². The number of carbonyl (C=O) groups excluding carboxylic acids is 1. The van der Waals surface area contributed by atoms with E-state index in [1.54, 1.807) is 11.7 Å². The topological polar surface area (TPSA) is 76.4 Å².